The summed E-state index contributed by atoms with van der Waals surface area (Å²) in [5.41, 5.74) is -0.675. The van der Waals surface area contributed by atoms with Crippen molar-refractivity contribution in [1.29, 1.82) is 0 Å². The molecule has 12 heavy (non-hydrogen) atoms. The molecule has 0 unspecified atom stereocenters. The van der Waals surface area contributed by atoms with Crippen molar-refractivity contribution >= 4 is 15.9 Å². The van der Waals surface area contributed by atoms with Gasteiger partial charge in [-0.05, 0) is 12.1 Å². The van der Waals surface area contributed by atoms with Gasteiger partial charge in [-0.2, -0.15) is 0 Å². The molecule has 1 aromatic carbocycles. The van der Waals surface area contributed by atoms with Crippen molar-refractivity contribution in [3.8, 4) is 0 Å². The Morgan fingerprint density at radius 3 is 2.83 bits per heavy atom. The second kappa shape index (κ2) is 2.07. The molecule has 1 heterocycles. The first-order valence-corrected chi connectivity index (χ1v) is 4.34. The Kier molecular flexibility index (Phi) is 0.616. The average Bonchev–Trinajstić information content (AvgIpc) is 2.44. The summed E-state index contributed by atoms with van der Waals surface area (Å²) in [6.45, 7) is 0. The summed E-state index contributed by atoms with van der Waals surface area (Å²) in [7, 11) is -4.49. The maximum Gasteiger partial charge on any atom is 0.266 e. The van der Waals surface area contributed by atoms with Gasteiger partial charge in [0.05, 0.1) is 11.0 Å². The van der Waals surface area contributed by atoms with Crippen LogP contribution < -0.4 is 4.72 Å². The van der Waals surface area contributed by atoms with E-state index in [4.69, 9.17) is 6.89 Å². The first-order valence-electron chi connectivity index (χ1n) is 5.34. The van der Waals surface area contributed by atoms with Crippen LogP contribution in [0.25, 0.3) is 0 Å². The van der Waals surface area contributed by atoms with Crippen LogP contribution in [-0.2, 0) is 10.0 Å². The summed E-state index contributed by atoms with van der Waals surface area (Å²) in [6.07, 6.45) is 0. The van der Waals surface area contributed by atoms with Gasteiger partial charge < -0.3 is 0 Å². The van der Waals surface area contributed by atoms with Gasteiger partial charge in [-0.3, -0.25) is 4.79 Å². The average molecular weight is 188 g/mol. The highest BCUT2D eigenvalue weighted by atomic mass is 32.2. The van der Waals surface area contributed by atoms with Crippen molar-refractivity contribution in [2.75, 3.05) is 0 Å². The molecule has 0 aliphatic carbocycles. The molecule has 0 atom stereocenters. The number of rotatable bonds is 0. The highest BCUT2D eigenvalue weighted by Gasteiger charge is 2.31. The Morgan fingerprint density at radius 2 is 2.08 bits per heavy atom. The third-order valence-electron chi connectivity index (χ3n) is 1.33. The highest BCUT2D eigenvalue weighted by molar-refractivity contribution is 7.90. The number of carbonyl (C=O) groups is 1. The minimum atomic E-state index is -4.49. The number of fused-ring (bicyclic) bond motifs is 1. The van der Waals surface area contributed by atoms with Crippen LogP contribution in [0.5, 0.6) is 0 Å². The normalized spacial score (nSPS) is 25.2. The van der Waals surface area contributed by atoms with Crippen molar-refractivity contribution in [3.05, 3.63) is 29.7 Å². The number of hydrogen-bond donors (Lipinski definition) is 1. The van der Waals surface area contributed by atoms with Gasteiger partial charge in [-0.25, -0.2) is 13.1 Å². The Balaban J connectivity index is 3.04. The molecule has 0 bridgehead atoms. The summed E-state index contributed by atoms with van der Waals surface area (Å²) in [6, 6.07) is -3.03. The molecule has 0 fully saturated rings. The van der Waals surface area contributed by atoms with Gasteiger partial charge in [0.2, 0.25) is 0 Å². The fraction of sp³-hybridized carbons (Fsp3) is 0. The van der Waals surface area contributed by atoms with Gasteiger partial charge in [0.1, 0.15) is 4.90 Å². The lowest BCUT2D eigenvalue weighted by Gasteiger charge is -1.91. The SMILES string of the molecule is [2H]c1c([2H])c([2H])c2c(c1[2H])C(=O)N([2H])S2(=O)=O. The standard InChI is InChI=1S/C7H5NO3S/c9-7-5-3-1-2-4-6(5)12(10,11)8-7/h1-4H,(H,8,9)/i1D,2D,3D,4D/hD. The van der Waals surface area contributed by atoms with E-state index >= 15 is 0 Å². The number of sulfonamides is 1. The zero-order valence-electron chi connectivity index (χ0n) is 10.6. The Bertz CT molecular complexity index is 656. The van der Waals surface area contributed by atoms with E-state index in [1.165, 1.54) is 0 Å². The zero-order chi connectivity index (χ0) is 13.1. The Morgan fingerprint density at radius 1 is 1.42 bits per heavy atom. The fourth-order valence-electron chi connectivity index (χ4n) is 0.846. The summed E-state index contributed by atoms with van der Waals surface area (Å²) in [5.74, 6) is -1.27. The van der Waals surface area contributed by atoms with Gasteiger partial charge in [0.15, 0.2) is 1.41 Å². The molecule has 4 nitrogen and oxygen atoms in total. The van der Waals surface area contributed by atoms with Gasteiger partial charge in [0, 0.05) is 0 Å². The monoisotopic (exact) mass is 188 g/mol. The molecule has 2 rings (SSSR count). The lowest BCUT2D eigenvalue weighted by atomic mass is 10.2. The molecule has 62 valence electrons. The second-order valence-electron chi connectivity index (χ2n) is 2.08. The fourth-order valence-corrected chi connectivity index (χ4v) is 1.82. The maximum atomic E-state index is 11.6. The van der Waals surface area contributed by atoms with E-state index in [9.17, 15) is 13.2 Å². The summed E-state index contributed by atoms with van der Waals surface area (Å²) in [4.78, 5) is 10.6. The largest absolute Gasteiger partial charge is 0.268 e. The van der Waals surface area contributed by atoms with E-state index < -0.39 is 50.6 Å². The molecule has 1 aliphatic heterocycles. The van der Waals surface area contributed by atoms with Crippen LogP contribution in [0.2, 0.25) is 1.41 Å². The molecule has 0 saturated carbocycles. The smallest absolute Gasteiger partial charge is 0.266 e. The zero-order valence-corrected chi connectivity index (χ0v) is 6.40. The molecule has 0 spiro atoms. The first-order chi connectivity index (χ1) is 7.71. The van der Waals surface area contributed by atoms with Crippen molar-refractivity contribution in [2.45, 2.75) is 4.90 Å². The van der Waals surface area contributed by atoms with Crippen molar-refractivity contribution in [3.63, 3.8) is 0 Å². The summed E-state index contributed by atoms with van der Waals surface area (Å²) in [5, 5.41) is 0. The quantitative estimate of drug-likeness (QED) is 0.629. The topological polar surface area (TPSA) is 63.2 Å². The third kappa shape index (κ3) is 0.831. The first kappa shape index (κ1) is 3.57. The van der Waals surface area contributed by atoms with Gasteiger partial charge in [0.25, 0.3) is 15.9 Å². The van der Waals surface area contributed by atoms with Crippen molar-refractivity contribution < 1.29 is 20.1 Å². The van der Waals surface area contributed by atoms with Crippen LogP contribution in [0.4, 0.5) is 0 Å². The van der Waals surface area contributed by atoms with E-state index in [1.54, 1.807) is 0 Å². The molecule has 1 N–H and O–H groups in total. The third-order valence-corrected chi connectivity index (χ3v) is 2.56. The van der Waals surface area contributed by atoms with E-state index in [1.807, 2.05) is 0 Å². The number of hydrogen-bond acceptors (Lipinski definition) is 3. The van der Waals surface area contributed by atoms with Crippen LogP contribution in [0.3, 0.4) is 0 Å². The van der Waals surface area contributed by atoms with Crippen molar-refractivity contribution in [2.24, 2.45) is 0 Å². The van der Waals surface area contributed by atoms with E-state index in [2.05, 4.69) is 0 Å². The van der Waals surface area contributed by atoms with E-state index in [0.29, 0.717) is 0 Å². The van der Waals surface area contributed by atoms with Crippen LogP contribution >= 0.6 is 0 Å². The predicted octanol–water partition coefficient (Wildman–Crippen LogP) is 0.119. The Hall–Kier alpha value is -1.36. The molecular formula is C7H5NO3S. The van der Waals surface area contributed by atoms with Crippen molar-refractivity contribution in [1.82, 2.24) is 4.72 Å². The molecule has 1 aromatic rings. The van der Waals surface area contributed by atoms with E-state index in [0.717, 1.165) is 0 Å². The number of nitrogens with one attached hydrogen (secondary N) is 1. The highest BCUT2D eigenvalue weighted by Crippen LogP contribution is 2.20. The molecule has 0 saturated heterocycles. The molecule has 1 amide bonds. The maximum absolute atomic E-state index is 11.6. The van der Waals surface area contributed by atoms with Crippen LogP contribution in [0, 0.1) is 0 Å². The molecule has 0 aromatic heterocycles. The van der Waals surface area contributed by atoms with Crippen LogP contribution in [0.1, 0.15) is 15.8 Å². The number of amides is 1. The van der Waals surface area contributed by atoms with Gasteiger partial charge in [-0.15, -0.1) is 0 Å². The Labute approximate surface area is 76.3 Å². The molecule has 1 aliphatic rings. The number of carbonyl (C=O) groups excluding carboxylic acids is 1. The van der Waals surface area contributed by atoms with Crippen LogP contribution in [-0.4, -0.2) is 14.3 Å². The van der Waals surface area contributed by atoms with E-state index in [-0.39, 0.29) is 4.72 Å². The summed E-state index contributed by atoms with van der Waals surface area (Å²) >= 11 is 0. The lowest BCUT2D eigenvalue weighted by molar-refractivity contribution is 0.0985. The van der Waals surface area contributed by atoms with Gasteiger partial charge >= 0.3 is 0 Å². The molecule has 5 heteroatoms. The lowest BCUT2D eigenvalue weighted by Crippen LogP contribution is -2.20. The minimum absolute atomic E-state index is 0.327. The number of benzene rings is 1. The second-order valence-corrected chi connectivity index (χ2v) is 3.62. The van der Waals surface area contributed by atoms with Gasteiger partial charge in [-0.1, -0.05) is 12.1 Å². The molecular weight excluding hydrogens is 178 g/mol. The van der Waals surface area contributed by atoms with Crippen LogP contribution in [0.15, 0.2) is 29.1 Å². The summed E-state index contributed by atoms with van der Waals surface area (Å²) < 4.78 is 59.4. The molecule has 0 radical (unpaired) electrons. The predicted molar refractivity (Wildman–Crippen MR) is 41.1 cm³/mol. The minimum Gasteiger partial charge on any atom is -0.268 e.